The fourth-order valence-corrected chi connectivity index (χ4v) is 1.27. The second-order valence-corrected chi connectivity index (χ2v) is 4.11. The van der Waals surface area contributed by atoms with Crippen molar-refractivity contribution in [2.24, 2.45) is 0 Å². The van der Waals surface area contributed by atoms with Gasteiger partial charge in [-0.25, -0.2) is 4.79 Å². The number of ether oxygens (including phenoxy) is 2. The van der Waals surface area contributed by atoms with Gasteiger partial charge in [-0.15, -0.1) is 0 Å². The molecular weight excluding hydrogens is 236 g/mol. The monoisotopic (exact) mass is 254 g/mol. The van der Waals surface area contributed by atoms with E-state index in [9.17, 15) is 9.90 Å². The largest absolute Gasteiger partial charge is 0.507 e. The Labute approximate surface area is 106 Å². The molecule has 0 radical (unpaired) electrons. The van der Waals surface area contributed by atoms with Gasteiger partial charge in [-0.2, -0.15) is 0 Å². The van der Waals surface area contributed by atoms with Crippen LogP contribution in [0.4, 0.5) is 0 Å². The first-order valence-corrected chi connectivity index (χ1v) is 5.75. The van der Waals surface area contributed by atoms with Crippen LogP contribution in [0.15, 0.2) is 24.3 Å². The molecule has 0 spiro atoms. The average molecular weight is 254 g/mol. The Bertz CT molecular complexity index is 389. The highest BCUT2D eigenvalue weighted by Crippen LogP contribution is 2.16. The van der Waals surface area contributed by atoms with Crippen molar-refractivity contribution in [3.05, 3.63) is 29.8 Å². The van der Waals surface area contributed by atoms with E-state index < -0.39 is 12.1 Å². The van der Waals surface area contributed by atoms with Crippen LogP contribution in [-0.2, 0) is 9.47 Å². The summed E-state index contributed by atoms with van der Waals surface area (Å²) < 4.78 is 10.2. The number of aliphatic hydroxyl groups is 1. The van der Waals surface area contributed by atoms with Gasteiger partial charge in [-0.3, -0.25) is 0 Å². The Kier molecular flexibility index (Phi) is 5.61. The minimum Gasteiger partial charge on any atom is -0.507 e. The molecule has 18 heavy (non-hydrogen) atoms. The molecule has 0 bridgehead atoms. The molecule has 5 heteroatoms. The normalized spacial score (nSPS) is 13.9. The molecule has 100 valence electrons. The van der Waals surface area contributed by atoms with Gasteiger partial charge in [-0.05, 0) is 26.0 Å². The molecule has 0 aliphatic rings. The Morgan fingerprint density at radius 3 is 2.56 bits per heavy atom. The van der Waals surface area contributed by atoms with E-state index in [2.05, 4.69) is 0 Å². The number of carbonyl (C=O) groups excluding carboxylic acids is 1. The number of phenols is 1. The van der Waals surface area contributed by atoms with Gasteiger partial charge in [0, 0.05) is 0 Å². The van der Waals surface area contributed by atoms with Crippen LogP contribution in [0.1, 0.15) is 24.2 Å². The number of hydrogen-bond acceptors (Lipinski definition) is 5. The number of carbonyl (C=O) groups is 1. The van der Waals surface area contributed by atoms with Crippen molar-refractivity contribution < 1.29 is 24.5 Å². The van der Waals surface area contributed by atoms with Crippen molar-refractivity contribution in [1.29, 1.82) is 0 Å². The van der Waals surface area contributed by atoms with Gasteiger partial charge in [0.25, 0.3) is 0 Å². The SMILES string of the molecule is C[C@H](O)CO[C@@H](C)COC(=O)c1ccccc1O. The molecule has 0 fully saturated rings. The van der Waals surface area contributed by atoms with E-state index in [4.69, 9.17) is 14.6 Å². The Morgan fingerprint density at radius 1 is 1.28 bits per heavy atom. The number of rotatable bonds is 6. The van der Waals surface area contributed by atoms with Crippen LogP contribution in [-0.4, -0.2) is 41.6 Å². The van der Waals surface area contributed by atoms with Crippen LogP contribution in [0, 0.1) is 0 Å². The number of benzene rings is 1. The molecule has 0 unspecified atom stereocenters. The van der Waals surface area contributed by atoms with E-state index in [0.717, 1.165) is 0 Å². The summed E-state index contributed by atoms with van der Waals surface area (Å²) in [5.74, 6) is -0.708. The zero-order valence-corrected chi connectivity index (χ0v) is 10.5. The number of para-hydroxylation sites is 1. The molecular formula is C13H18O5. The maximum atomic E-state index is 11.6. The van der Waals surface area contributed by atoms with E-state index in [1.807, 2.05) is 0 Å². The lowest BCUT2D eigenvalue weighted by Crippen LogP contribution is -2.23. The fraction of sp³-hybridized carbons (Fsp3) is 0.462. The molecule has 1 aromatic carbocycles. The molecule has 0 heterocycles. The van der Waals surface area contributed by atoms with Crippen LogP contribution in [0.2, 0.25) is 0 Å². The predicted octanol–water partition coefficient (Wildman–Crippen LogP) is 1.33. The number of aliphatic hydroxyl groups excluding tert-OH is 1. The molecule has 1 aromatic rings. The molecule has 0 saturated heterocycles. The van der Waals surface area contributed by atoms with Crippen molar-refractivity contribution >= 4 is 5.97 Å². The van der Waals surface area contributed by atoms with E-state index >= 15 is 0 Å². The zero-order chi connectivity index (χ0) is 13.5. The van der Waals surface area contributed by atoms with Crippen molar-refractivity contribution in [2.45, 2.75) is 26.1 Å². The average Bonchev–Trinajstić information content (AvgIpc) is 2.34. The summed E-state index contributed by atoms with van der Waals surface area (Å²) >= 11 is 0. The van der Waals surface area contributed by atoms with Crippen molar-refractivity contribution in [3.63, 3.8) is 0 Å². The predicted molar refractivity (Wildman–Crippen MR) is 65.5 cm³/mol. The summed E-state index contributed by atoms with van der Waals surface area (Å²) in [7, 11) is 0. The Morgan fingerprint density at radius 2 is 1.94 bits per heavy atom. The van der Waals surface area contributed by atoms with Crippen molar-refractivity contribution in [2.75, 3.05) is 13.2 Å². The molecule has 0 aromatic heterocycles. The second-order valence-electron chi connectivity index (χ2n) is 4.11. The number of hydrogen-bond donors (Lipinski definition) is 2. The van der Waals surface area contributed by atoms with Crippen molar-refractivity contribution in [3.8, 4) is 5.75 Å². The standard InChI is InChI=1S/C13H18O5/c1-9(14)7-17-10(2)8-18-13(16)11-5-3-4-6-12(11)15/h3-6,9-10,14-15H,7-8H2,1-2H3/t9-,10-/m0/s1. The van der Waals surface area contributed by atoms with E-state index in [0.29, 0.717) is 0 Å². The molecule has 0 aliphatic carbocycles. The summed E-state index contributed by atoms with van der Waals surface area (Å²) in [6.07, 6.45) is -0.865. The molecule has 5 nitrogen and oxygen atoms in total. The number of esters is 1. The van der Waals surface area contributed by atoms with Gasteiger partial charge in [0.2, 0.25) is 0 Å². The van der Waals surface area contributed by atoms with Gasteiger partial charge in [-0.1, -0.05) is 12.1 Å². The highest BCUT2D eigenvalue weighted by Gasteiger charge is 2.13. The number of aromatic hydroxyl groups is 1. The Hall–Kier alpha value is -1.59. The summed E-state index contributed by atoms with van der Waals surface area (Å²) in [6, 6.07) is 6.17. The fourth-order valence-electron chi connectivity index (χ4n) is 1.27. The van der Waals surface area contributed by atoms with Gasteiger partial charge >= 0.3 is 5.97 Å². The third-order valence-electron chi connectivity index (χ3n) is 2.20. The maximum absolute atomic E-state index is 11.6. The summed E-state index contributed by atoms with van der Waals surface area (Å²) in [4.78, 5) is 11.6. The van der Waals surface area contributed by atoms with E-state index in [-0.39, 0.29) is 30.6 Å². The molecule has 0 saturated carbocycles. The highest BCUT2D eigenvalue weighted by molar-refractivity contribution is 5.92. The lowest BCUT2D eigenvalue weighted by molar-refractivity contribution is -0.0279. The summed E-state index contributed by atoms with van der Waals surface area (Å²) in [5.41, 5.74) is 0.125. The third kappa shape index (κ3) is 4.73. The Balaban J connectivity index is 2.40. The van der Waals surface area contributed by atoms with Crippen LogP contribution in [0.25, 0.3) is 0 Å². The maximum Gasteiger partial charge on any atom is 0.342 e. The first kappa shape index (κ1) is 14.5. The molecule has 2 atom stereocenters. The topological polar surface area (TPSA) is 76.0 Å². The van der Waals surface area contributed by atoms with E-state index in [1.54, 1.807) is 26.0 Å². The number of phenolic OH excluding ortho intramolecular Hbond substituents is 1. The molecule has 2 N–H and O–H groups in total. The third-order valence-corrected chi connectivity index (χ3v) is 2.20. The summed E-state index contributed by atoms with van der Waals surface area (Å²) in [6.45, 7) is 3.61. The van der Waals surface area contributed by atoms with Crippen molar-refractivity contribution in [1.82, 2.24) is 0 Å². The minimum absolute atomic E-state index is 0.0693. The lowest BCUT2D eigenvalue weighted by atomic mass is 10.2. The first-order chi connectivity index (χ1) is 8.50. The second kappa shape index (κ2) is 6.98. The van der Waals surface area contributed by atoms with Gasteiger partial charge in [0.1, 0.15) is 17.9 Å². The first-order valence-electron chi connectivity index (χ1n) is 5.75. The van der Waals surface area contributed by atoms with Crippen LogP contribution in [0.3, 0.4) is 0 Å². The van der Waals surface area contributed by atoms with Gasteiger partial charge < -0.3 is 19.7 Å². The smallest absolute Gasteiger partial charge is 0.342 e. The quantitative estimate of drug-likeness (QED) is 0.749. The van der Waals surface area contributed by atoms with Crippen LogP contribution < -0.4 is 0 Å². The molecule has 0 aliphatic heterocycles. The van der Waals surface area contributed by atoms with Crippen LogP contribution in [0.5, 0.6) is 5.75 Å². The van der Waals surface area contributed by atoms with E-state index in [1.165, 1.54) is 12.1 Å². The summed E-state index contributed by atoms with van der Waals surface area (Å²) in [5, 5.41) is 18.5. The van der Waals surface area contributed by atoms with Gasteiger partial charge in [0.15, 0.2) is 0 Å². The van der Waals surface area contributed by atoms with Gasteiger partial charge in [0.05, 0.1) is 18.8 Å². The minimum atomic E-state index is -0.597. The highest BCUT2D eigenvalue weighted by atomic mass is 16.6. The molecule has 0 amide bonds. The van der Waals surface area contributed by atoms with Crippen LogP contribution >= 0.6 is 0 Å². The zero-order valence-electron chi connectivity index (χ0n) is 10.5. The lowest BCUT2D eigenvalue weighted by Gasteiger charge is -2.14. The molecule has 1 rings (SSSR count).